The molecule has 0 bridgehead atoms. The molecule has 0 radical (unpaired) electrons. The minimum Gasteiger partial charge on any atom is -0.371 e. The molecule has 0 atom stereocenters. The molecule has 0 spiro atoms. The Morgan fingerprint density at radius 1 is 0.853 bits per heavy atom. The van der Waals surface area contributed by atoms with Crippen molar-refractivity contribution in [3.05, 3.63) is 101 Å². The van der Waals surface area contributed by atoms with E-state index in [9.17, 15) is 14.0 Å². The summed E-state index contributed by atoms with van der Waals surface area (Å²) in [7, 11) is 0. The molecule has 174 valence electrons. The minimum absolute atomic E-state index is 0.0217. The van der Waals surface area contributed by atoms with Crippen LogP contribution in [0.3, 0.4) is 0 Å². The van der Waals surface area contributed by atoms with Crippen LogP contribution in [0.25, 0.3) is 0 Å². The van der Waals surface area contributed by atoms with Crippen molar-refractivity contribution in [3.8, 4) is 0 Å². The fraction of sp³-hybridized carbons (Fsp3) is 0.286. The van der Waals surface area contributed by atoms with Crippen molar-refractivity contribution in [1.82, 2.24) is 10.2 Å². The van der Waals surface area contributed by atoms with Crippen molar-refractivity contribution in [2.75, 3.05) is 24.5 Å². The highest BCUT2D eigenvalue weighted by atomic mass is 19.1. The fourth-order valence-corrected chi connectivity index (χ4v) is 4.93. The third kappa shape index (κ3) is 4.67. The number of carbonyl (C=O) groups excluding carboxylic acids is 2. The summed E-state index contributed by atoms with van der Waals surface area (Å²) in [5.74, 6) is -0.605. The van der Waals surface area contributed by atoms with Crippen molar-refractivity contribution >= 4 is 17.5 Å². The molecule has 0 unspecified atom stereocenters. The van der Waals surface area contributed by atoms with Gasteiger partial charge in [-0.1, -0.05) is 42.5 Å². The van der Waals surface area contributed by atoms with Gasteiger partial charge in [-0.15, -0.1) is 0 Å². The van der Waals surface area contributed by atoms with E-state index in [4.69, 9.17) is 0 Å². The first kappa shape index (κ1) is 22.1. The van der Waals surface area contributed by atoms with E-state index in [-0.39, 0.29) is 17.9 Å². The first-order chi connectivity index (χ1) is 16.6. The van der Waals surface area contributed by atoms with E-state index in [1.165, 1.54) is 23.3 Å². The summed E-state index contributed by atoms with van der Waals surface area (Å²) in [4.78, 5) is 30.1. The Balaban J connectivity index is 1.24. The highest BCUT2D eigenvalue weighted by Gasteiger charge is 2.27. The Morgan fingerprint density at radius 3 is 2.38 bits per heavy atom. The quantitative estimate of drug-likeness (QED) is 0.631. The van der Waals surface area contributed by atoms with Gasteiger partial charge in [0, 0.05) is 43.5 Å². The Labute approximate surface area is 199 Å². The number of hydrogen-bond donors (Lipinski definition) is 1. The predicted molar refractivity (Wildman–Crippen MR) is 130 cm³/mol. The largest absolute Gasteiger partial charge is 0.371 e. The van der Waals surface area contributed by atoms with Crippen LogP contribution in [0.2, 0.25) is 0 Å². The lowest BCUT2D eigenvalue weighted by atomic mass is 9.98. The molecule has 2 aliphatic rings. The zero-order chi connectivity index (χ0) is 23.5. The van der Waals surface area contributed by atoms with Gasteiger partial charge in [0.05, 0.1) is 5.56 Å². The molecule has 1 N–H and O–H groups in total. The first-order valence-electron chi connectivity index (χ1n) is 11.8. The van der Waals surface area contributed by atoms with Gasteiger partial charge in [0.1, 0.15) is 5.82 Å². The summed E-state index contributed by atoms with van der Waals surface area (Å²) in [5, 5.41) is 3.03. The monoisotopic (exact) mass is 457 g/mol. The maximum absolute atomic E-state index is 13.5. The molecular formula is C28H28FN3O2. The van der Waals surface area contributed by atoms with Crippen LogP contribution in [0.4, 0.5) is 10.1 Å². The lowest BCUT2D eigenvalue weighted by Crippen LogP contribution is -2.45. The molecule has 0 aromatic heterocycles. The number of piperidine rings is 1. The molecule has 3 aromatic carbocycles. The van der Waals surface area contributed by atoms with E-state index in [0.29, 0.717) is 12.1 Å². The predicted octanol–water partition coefficient (Wildman–Crippen LogP) is 4.42. The van der Waals surface area contributed by atoms with E-state index < -0.39 is 5.82 Å². The Bertz CT molecular complexity index is 1200. The van der Waals surface area contributed by atoms with Crippen LogP contribution in [0.5, 0.6) is 0 Å². The lowest BCUT2D eigenvalue weighted by molar-refractivity contribution is 0.0735. The van der Waals surface area contributed by atoms with Gasteiger partial charge in [-0.2, -0.15) is 0 Å². The van der Waals surface area contributed by atoms with Crippen molar-refractivity contribution in [2.24, 2.45) is 0 Å². The van der Waals surface area contributed by atoms with Gasteiger partial charge < -0.3 is 15.1 Å². The van der Waals surface area contributed by atoms with E-state index in [1.54, 1.807) is 12.1 Å². The number of anilines is 1. The second-order valence-corrected chi connectivity index (χ2v) is 9.01. The average molecular weight is 458 g/mol. The molecule has 2 amide bonds. The number of halogens is 1. The molecule has 0 aliphatic carbocycles. The summed E-state index contributed by atoms with van der Waals surface area (Å²) in [6, 6.07) is 21.9. The summed E-state index contributed by atoms with van der Waals surface area (Å²) in [5.41, 5.74) is 4.54. The SMILES string of the molecule is O=C(NC1CCN(c2ccccc2C(=O)N2CCc3ccccc3C2)CC1)c1cccc(F)c1. The molecule has 6 heteroatoms. The highest BCUT2D eigenvalue weighted by molar-refractivity contribution is 6.00. The molecule has 5 nitrogen and oxygen atoms in total. The van der Waals surface area contributed by atoms with Gasteiger partial charge >= 0.3 is 0 Å². The maximum atomic E-state index is 13.5. The molecule has 34 heavy (non-hydrogen) atoms. The van der Waals surface area contributed by atoms with Crippen LogP contribution in [0, 0.1) is 5.82 Å². The molecule has 2 heterocycles. The Kier molecular flexibility index (Phi) is 6.30. The van der Waals surface area contributed by atoms with Gasteiger partial charge in [-0.3, -0.25) is 9.59 Å². The number of fused-ring (bicyclic) bond motifs is 1. The van der Waals surface area contributed by atoms with Crippen LogP contribution in [0.15, 0.2) is 72.8 Å². The van der Waals surface area contributed by atoms with Gasteiger partial charge in [0.15, 0.2) is 0 Å². The Morgan fingerprint density at radius 2 is 1.59 bits per heavy atom. The van der Waals surface area contributed by atoms with E-state index in [2.05, 4.69) is 28.4 Å². The second-order valence-electron chi connectivity index (χ2n) is 9.01. The summed E-state index contributed by atoms with van der Waals surface area (Å²) < 4.78 is 13.4. The van der Waals surface area contributed by atoms with E-state index in [0.717, 1.165) is 50.1 Å². The standard InChI is InChI=1S/C28H28FN3O2/c29-23-9-5-8-21(18-23)27(33)30-24-13-16-31(17-14-24)26-11-4-3-10-25(26)28(34)32-15-12-20-6-1-2-7-22(20)19-32/h1-11,18,24H,12-17,19H2,(H,30,33). The number of para-hydroxylation sites is 1. The van der Waals surface area contributed by atoms with E-state index >= 15 is 0 Å². The molecule has 3 aromatic rings. The number of nitrogens with one attached hydrogen (secondary N) is 1. The van der Waals surface area contributed by atoms with Crippen molar-refractivity contribution in [2.45, 2.75) is 31.8 Å². The number of amides is 2. The molecular weight excluding hydrogens is 429 g/mol. The first-order valence-corrected chi connectivity index (χ1v) is 11.8. The molecule has 1 saturated heterocycles. The van der Waals surface area contributed by atoms with Crippen LogP contribution < -0.4 is 10.2 Å². The number of benzene rings is 3. The zero-order valence-corrected chi connectivity index (χ0v) is 19.0. The van der Waals surface area contributed by atoms with Crippen molar-refractivity contribution in [3.63, 3.8) is 0 Å². The van der Waals surface area contributed by atoms with Crippen LogP contribution in [-0.4, -0.2) is 42.4 Å². The third-order valence-corrected chi connectivity index (χ3v) is 6.81. The molecule has 1 fully saturated rings. The van der Waals surface area contributed by atoms with E-state index in [1.807, 2.05) is 35.2 Å². The topological polar surface area (TPSA) is 52.7 Å². The fourth-order valence-electron chi connectivity index (χ4n) is 4.93. The van der Waals surface area contributed by atoms with Crippen LogP contribution in [-0.2, 0) is 13.0 Å². The number of carbonyl (C=O) groups is 2. The number of hydrogen-bond acceptors (Lipinski definition) is 3. The Hall–Kier alpha value is -3.67. The summed E-state index contributed by atoms with van der Waals surface area (Å²) in [6.45, 7) is 2.83. The second kappa shape index (κ2) is 9.67. The normalized spacial score (nSPS) is 16.1. The number of rotatable bonds is 4. The lowest BCUT2D eigenvalue weighted by Gasteiger charge is -2.36. The zero-order valence-electron chi connectivity index (χ0n) is 19.0. The van der Waals surface area contributed by atoms with Gasteiger partial charge in [-0.25, -0.2) is 4.39 Å². The summed E-state index contributed by atoms with van der Waals surface area (Å²) >= 11 is 0. The molecule has 2 aliphatic heterocycles. The van der Waals surface area contributed by atoms with Gasteiger partial charge in [-0.05, 0) is 60.7 Å². The molecule has 0 saturated carbocycles. The highest BCUT2D eigenvalue weighted by Crippen LogP contribution is 2.28. The van der Waals surface area contributed by atoms with Gasteiger partial charge in [0.2, 0.25) is 0 Å². The number of nitrogens with zero attached hydrogens (tertiary/aromatic N) is 2. The van der Waals surface area contributed by atoms with Crippen molar-refractivity contribution in [1.29, 1.82) is 0 Å². The van der Waals surface area contributed by atoms with Crippen molar-refractivity contribution < 1.29 is 14.0 Å². The van der Waals surface area contributed by atoms with Gasteiger partial charge in [0.25, 0.3) is 11.8 Å². The third-order valence-electron chi connectivity index (χ3n) is 6.81. The maximum Gasteiger partial charge on any atom is 0.256 e. The van der Waals surface area contributed by atoms with Crippen LogP contribution in [0.1, 0.15) is 44.7 Å². The minimum atomic E-state index is -0.416. The smallest absolute Gasteiger partial charge is 0.256 e. The summed E-state index contributed by atoms with van der Waals surface area (Å²) in [6.07, 6.45) is 2.40. The molecule has 5 rings (SSSR count). The van der Waals surface area contributed by atoms with Crippen LogP contribution >= 0.6 is 0 Å². The average Bonchev–Trinajstić information content (AvgIpc) is 2.88.